The van der Waals surface area contributed by atoms with Crippen LogP contribution >= 0.6 is 11.3 Å². The zero-order valence-corrected chi connectivity index (χ0v) is 13.4. The topological polar surface area (TPSA) is 75.6 Å². The second kappa shape index (κ2) is 6.57. The van der Waals surface area contributed by atoms with E-state index in [0.29, 0.717) is 5.56 Å². The van der Waals surface area contributed by atoms with Crippen LogP contribution in [0.15, 0.2) is 39.9 Å². The molecular weight excluding hydrogens is 310 g/mol. The first-order chi connectivity index (χ1) is 9.97. The monoisotopic (exact) mass is 327 g/mol. The van der Waals surface area contributed by atoms with Crippen molar-refractivity contribution in [3.8, 4) is 5.75 Å². The smallest absolute Gasteiger partial charge is 0.244 e. The van der Waals surface area contributed by atoms with Crippen LogP contribution in [0.5, 0.6) is 5.75 Å². The van der Waals surface area contributed by atoms with Crippen LogP contribution in [-0.4, -0.2) is 20.6 Å². The summed E-state index contributed by atoms with van der Waals surface area (Å²) in [6.45, 7) is 1.55. The molecule has 0 aliphatic carbocycles. The normalized spacial score (nSPS) is 13.1. The summed E-state index contributed by atoms with van der Waals surface area (Å²) in [6, 6.07) is 6.11. The highest BCUT2D eigenvalue weighted by atomic mass is 32.2. The maximum atomic E-state index is 12.5. The summed E-state index contributed by atoms with van der Waals surface area (Å²) in [5, 5.41) is 13.0. The van der Waals surface area contributed by atoms with Crippen LogP contribution in [0.3, 0.4) is 0 Å². The van der Waals surface area contributed by atoms with E-state index in [2.05, 4.69) is 4.72 Å². The number of thiophene rings is 1. The van der Waals surface area contributed by atoms with E-state index in [9.17, 15) is 8.42 Å². The molecule has 7 heteroatoms. The molecule has 21 heavy (non-hydrogen) atoms. The summed E-state index contributed by atoms with van der Waals surface area (Å²) in [5.74, 6) is 0.247. The summed E-state index contributed by atoms with van der Waals surface area (Å²) < 4.78 is 32.8. The predicted molar refractivity (Wildman–Crippen MR) is 82.0 cm³/mol. The molecule has 5 nitrogen and oxygen atoms in total. The standard InChI is InChI=1S/C14H17NO4S2/c1-10(12-5-6-20-9-12)15-21(17,18)14-7-11(8-16)3-4-13(14)19-2/h3-7,9-10,15-16H,8H2,1-2H3. The Morgan fingerprint density at radius 2 is 2.14 bits per heavy atom. The number of methoxy groups -OCH3 is 1. The Morgan fingerprint density at radius 3 is 2.71 bits per heavy atom. The molecule has 0 bridgehead atoms. The molecule has 2 rings (SSSR count). The molecule has 1 heterocycles. The number of nitrogens with one attached hydrogen (secondary N) is 1. The van der Waals surface area contributed by atoms with Gasteiger partial charge in [0, 0.05) is 6.04 Å². The van der Waals surface area contributed by atoms with Crippen molar-refractivity contribution in [3.05, 3.63) is 46.2 Å². The fraction of sp³-hybridized carbons (Fsp3) is 0.286. The number of aliphatic hydroxyl groups is 1. The molecule has 0 aliphatic rings. The van der Waals surface area contributed by atoms with Gasteiger partial charge in [0.15, 0.2) is 0 Å². The van der Waals surface area contributed by atoms with E-state index in [-0.39, 0.29) is 23.3 Å². The fourth-order valence-electron chi connectivity index (χ4n) is 1.92. The second-order valence-corrected chi connectivity index (χ2v) is 7.01. The highest BCUT2D eigenvalue weighted by Crippen LogP contribution is 2.27. The first-order valence-electron chi connectivity index (χ1n) is 6.30. The van der Waals surface area contributed by atoms with Crippen molar-refractivity contribution in [1.29, 1.82) is 0 Å². The highest BCUT2D eigenvalue weighted by Gasteiger charge is 2.23. The Kier molecular flexibility index (Phi) is 5.00. The number of hydrogen-bond acceptors (Lipinski definition) is 5. The number of ether oxygens (including phenoxy) is 1. The predicted octanol–water partition coefficient (Wildman–Crippen LogP) is 2.29. The minimum Gasteiger partial charge on any atom is -0.495 e. The molecule has 1 aromatic heterocycles. The first kappa shape index (κ1) is 16.0. The molecule has 0 saturated carbocycles. The average Bonchev–Trinajstić information content (AvgIpc) is 3.00. The highest BCUT2D eigenvalue weighted by molar-refractivity contribution is 7.89. The van der Waals surface area contributed by atoms with Crippen molar-refractivity contribution in [2.45, 2.75) is 24.5 Å². The molecule has 0 radical (unpaired) electrons. The van der Waals surface area contributed by atoms with E-state index in [1.807, 2.05) is 16.8 Å². The average molecular weight is 327 g/mol. The summed E-state index contributed by atoms with van der Waals surface area (Å²) in [5.41, 5.74) is 1.42. The van der Waals surface area contributed by atoms with Gasteiger partial charge >= 0.3 is 0 Å². The Labute approximate surface area is 128 Å². The van der Waals surface area contributed by atoms with Crippen molar-refractivity contribution >= 4 is 21.4 Å². The van der Waals surface area contributed by atoms with Crippen LogP contribution < -0.4 is 9.46 Å². The molecule has 114 valence electrons. The minimum atomic E-state index is -3.74. The van der Waals surface area contributed by atoms with Crippen LogP contribution in [0.25, 0.3) is 0 Å². The molecule has 1 unspecified atom stereocenters. The van der Waals surface area contributed by atoms with Crippen LogP contribution in [-0.2, 0) is 16.6 Å². The van der Waals surface area contributed by atoms with Gasteiger partial charge in [-0.05, 0) is 47.0 Å². The maximum Gasteiger partial charge on any atom is 0.244 e. The van der Waals surface area contributed by atoms with Gasteiger partial charge in [0.05, 0.1) is 13.7 Å². The number of aliphatic hydroxyl groups excluding tert-OH is 1. The molecule has 0 amide bonds. The van der Waals surface area contributed by atoms with Crippen molar-refractivity contribution in [2.75, 3.05) is 7.11 Å². The third-order valence-corrected chi connectivity index (χ3v) is 5.34. The molecule has 2 N–H and O–H groups in total. The van der Waals surface area contributed by atoms with E-state index in [4.69, 9.17) is 9.84 Å². The van der Waals surface area contributed by atoms with Crippen molar-refractivity contribution in [1.82, 2.24) is 4.72 Å². The SMILES string of the molecule is COc1ccc(CO)cc1S(=O)(=O)NC(C)c1ccsc1. The van der Waals surface area contributed by atoms with Crippen LogP contribution in [0, 0.1) is 0 Å². The molecule has 0 aliphatic heterocycles. The quantitative estimate of drug-likeness (QED) is 0.853. The van der Waals surface area contributed by atoms with Gasteiger partial charge in [-0.2, -0.15) is 11.3 Å². The lowest BCUT2D eigenvalue weighted by atomic mass is 10.2. The lowest BCUT2D eigenvalue weighted by Crippen LogP contribution is -2.27. The summed E-state index contributed by atoms with van der Waals surface area (Å²) >= 11 is 1.51. The van der Waals surface area contributed by atoms with Crippen molar-refractivity contribution < 1.29 is 18.3 Å². The number of hydrogen-bond donors (Lipinski definition) is 2. The van der Waals surface area contributed by atoms with E-state index < -0.39 is 10.0 Å². The fourth-order valence-corrected chi connectivity index (χ4v) is 4.12. The minimum absolute atomic E-state index is 0.0265. The third-order valence-electron chi connectivity index (χ3n) is 3.08. The molecule has 1 aromatic carbocycles. The zero-order chi connectivity index (χ0) is 15.5. The molecule has 0 saturated heterocycles. The largest absolute Gasteiger partial charge is 0.495 e. The van der Waals surface area contributed by atoms with Gasteiger partial charge in [-0.15, -0.1) is 0 Å². The van der Waals surface area contributed by atoms with Gasteiger partial charge in [0.1, 0.15) is 10.6 Å². The van der Waals surface area contributed by atoms with Crippen LogP contribution in [0.4, 0.5) is 0 Å². The molecule has 2 aromatic rings. The Morgan fingerprint density at radius 1 is 1.38 bits per heavy atom. The van der Waals surface area contributed by atoms with Crippen LogP contribution in [0.1, 0.15) is 24.1 Å². The molecule has 0 spiro atoms. The maximum absolute atomic E-state index is 12.5. The Bertz CT molecular complexity index is 696. The van der Waals surface area contributed by atoms with E-state index >= 15 is 0 Å². The third kappa shape index (κ3) is 3.62. The summed E-state index contributed by atoms with van der Waals surface area (Å²) in [4.78, 5) is 0.0265. The summed E-state index contributed by atoms with van der Waals surface area (Å²) in [6.07, 6.45) is 0. The van der Waals surface area contributed by atoms with E-state index in [0.717, 1.165) is 5.56 Å². The van der Waals surface area contributed by atoms with Gasteiger partial charge in [-0.25, -0.2) is 13.1 Å². The lowest BCUT2D eigenvalue weighted by molar-refractivity contribution is 0.281. The van der Waals surface area contributed by atoms with E-state index in [1.165, 1.54) is 30.6 Å². The molecular formula is C14H17NO4S2. The van der Waals surface area contributed by atoms with Crippen molar-refractivity contribution in [2.24, 2.45) is 0 Å². The Balaban J connectivity index is 2.34. The van der Waals surface area contributed by atoms with E-state index in [1.54, 1.807) is 13.0 Å². The first-order valence-corrected chi connectivity index (χ1v) is 8.72. The van der Waals surface area contributed by atoms with Gasteiger partial charge in [-0.1, -0.05) is 6.07 Å². The number of benzene rings is 1. The Hall–Kier alpha value is -1.41. The van der Waals surface area contributed by atoms with Gasteiger partial charge in [-0.3, -0.25) is 0 Å². The van der Waals surface area contributed by atoms with Crippen LogP contribution in [0.2, 0.25) is 0 Å². The molecule has 1 atom stereocenters. The second-order valence-electron chi connectivity index (χ2n) is 4.54. The number of rotatable bonds is 6. The molecule has 0 fully saturated rings. The van der Waals surface area contributed by atoms with Gasteiger partial charge in [0.25, 0.3) is 0 Å². The van der Waals surface area contributed by atoms with Gasteiger partial charge in [0.2, 0.25) is 10.0 Å². The van der Waals surface area contributed by atoms with Gasteiger partial charge < -0.3 is 9.84 Å². The van der Waals surface area contributed by atoms with Crippen molar-refractivity contribution in [3.63, 3.8) is 0 Å². The summed E-state index contributed by atoms with van der Waals surface area (Å²) in [7, 11) is -2.33. The number of sulfonamides is 1. The zero-order valence-electron chi connectivity index (χ0n) is 11.7. The lowest BCUT2D eigenvalue weighted by Gasteiger charge is -2.15.